The quantitative estimate of drug-likeness (QED) is 0.361. The summed E-state index contributed by atoms with van der Waals surface area (Å²) in [6.07, 6.45) is 8.14. The van der Waals surface area contributed by atoms with Crippen LogP contribution in [0, 0.1) is 17.8 Å². The van der Waals surface area contributed by atoms with Gasteiger partial charge in [-0.2, -0.15) is 4.72 Å². The molecule has 6 rings (SSSR count). The van der Waals surface area contributed by atoms with Crippen LogP contribution in [0.3, 0.4) is 0 Å². The molecule has 5 unspecified atom stereocenters. The Labute approximate surface area is 232 Å². The number of nitrogens with zero attached hydrogens (tertiary/aromatic N) is 1. The van der Waals surface area contributed by atoms with Crippen LogP contribution in [0.15, 0.2) is 48.6 Å². The van der Waals surface area contributed by atoms with Crippen molar-refractivity contribution in [3.63, 3.8) is 0 Å². The van der Waals surface area contributed by atoms with Gasteiger partial charge in [0.15, 0.2) is 0 Å². The minimum atomic E-state index is -1.48. The highest BCUT2D eigenvalue weighted by molar-refractivity contribution is 7.90. The minimum Gasteiger partial charge on any atom is -0.593 e. The summed E-state index contributed by atoms with van der Waals surface area (Å²) in [7, 11) is 0. The summed E-state index contributed by atoms with van der Waals surface area (Å²) in [6.45, 7) is 4.11. The number of hydrogen-bond donors (Lipinski definition) is 2. The zero-order valence-corrected chi connectivity index (χ0v) is 23.3. The van der Waals surface area contributed by atoms with E-state index in [1.54, 1.807) is 6.07 Å². The SMILES string of the molecule is C[C@@H]1C/C=C/C(O)C2CCC2CN2CC3(CCc4cc(Cl)ccc43)COc3ccc(cc32)C(=O)N[S+]([O-])C1. The zero-order chi connectivity index (χ0) is 26.4. The standard InChI is InChI=1S/C30H35ClN2O4S/c1-19-3-2-4-27(34)24-8-5-22(24)15-33-17-30(12-11-20-13-23(31)7-9-25(20)30)18-37-28-10-6-21(14-26(28)33)29(35)32-38(36)16-19/h2,4,6-7,9-10,13-14,19,22,24,27,34H,3,5,8,11-12,15-18H2,1H3,(H,32,35)/b4-2+/t19-,22?,24?,27?,30?,38?/m1/s1. The van der Waals surface area contributed by atoms with E-state index in [0.29, 0.717) is 30.3 Å². The molecule has 4 aliphatic rings. The molecule has 2 aromatic carbocycles. The first-order chi connectivity index (χ1) is 18.3. The number of nitrogens with one attached hydrogen (secondary N) is 1. The van der Waals surface area contributed by atoms with Crippen LogP contribution < -0.4 is 14.4 Å². The molecule has 2 aromatic rings. The van der Waals surface area contributed by atoms with Gasteiger partial charge >= 0.3 is 0 Å². The van der Waals surface area contributed by atoms with Gasteiger partial charge in [0.25, 0.3) is 5.91 Å². The first-order valence-electron chi connectivity index (χ1n) is 13.7. The molecule has 8 heteroatoms. The molecule has 0 saturated heterocycles. The molecule has 38 heavy (non-hydrogen) atoms. The highest BCUT2D eigenvalue weighted by atomic mass is 35.5. The van der Waals surface area contributed by atoms with E-state index in [1.165, 1.54) is 11.1 Å². The van der Waals surface area contributed by atoms with Gasteiger partial charge in [-0.1, -0.05) is 36.7 Å². The number of aliphatic hydroxyl groups excluding tert-OH is 1. The average Bonchev–Trinajstić information content (AvgIpc) is 3.12. The normalized spacial score (nSPS) is 33.8. The lowest BCUT2D eigenvalue weighted by atomic mass is 9.70. The molecule has 1 saturated carbocycles. The van der Waals surface area contributed by atoms with E-state index in [-0.39, 0.29) is 23.2 Å². The molecule has 0 aromatic heterocycles. The second kappa shape index (κ2) is 10.4. The lowest BCUT2D eigenvalue weighted by Gasteiger charge is -2.43. The zero-order valence-electron chi connectivity index (χ0n) is 21.7. The Hall–Kier alpha value is -2.19. The molecule has 6 nitrogen and oxygen atoms in total. The number of aliphatic hydroxyl groups is 1. The van der Waals surface area contributed by atoms with Crippen molar-refractivity contribution in [2.75, 3.05) is 30.3 Å². The molecule has 6 atom stereocenters. The van der Waals surface area contributed by atoms with Gasteiger partial charge in [-0.25, -0.2) is 0 Å². The van der Waals surface area contributed by atoms with Crippen LogP contribution >= 0.6 is 11.6 Å². The van der Waals surface area contributed by atoms with Gasteiger partial charge in [0.2, 0.25) is 0 Å². The number of fused-ring (bicyclic) bond motifs is 4. The van der Waals surface area contributed by atoms with Crippen molar-refractivity contribution in [2.24, 2.45) is 17.8 Å². The molecule has 2 heterocycles. The second-order valence-electron chi connectivity index (χ2n) is 11.6. The Bertz CT molecular complexity index is 1250. The molecule has 2 N–H and O–H groups in total. The molecule has 2 aliphatic heterocycles. The number of halogens is 1. The summed E-state index contributed by atoms with van der Waals surface area (Å²) >= 11 is 4.84. The fourth-order valence-electron chi connectivity index (χ4n) is 6.69. The number of allylic oxidation sites excluding steroid dienone is 1. The van der Waals surface area contributed by atoms with E-state index in [4.69, 9.17) is 16.3 Å². The van der Waals surface area contributed by atoms with Crippen LogP contribution in [0.2, 0.25) is 5.02 Å². The van der Waals surface area contributed by atoms with Crippen molar-refractivity contribution in [3.8, 4) is 5.75 Å². The first kappa shape index (κ1) is 26.1. The number of rotatable bonds is 0. The maximum absolute atomic E-state index is 13.1. The van der Waals surface area contributed by atoms with Crippen LogP contribution in [0.1, 0.15) is 54.1 Å². The highest BCUT2D eigenvalue weighted by Gasteiger charge is 2.45. The Kier molecular flexibility index (Phi) is 7.14. The van der Waals surface area contributed by atoms with Gasteiger partial charge < -0.3 is 19.3 Å². The number of hydrogen-bond acceptors (Lipinski definition) is 5. The molecule has 1 spiro atoms. The third-order valence-electron chi connectivity index (χ3n) is 8.95. The molecule has 2 aliphatic carbocycles. The van der Waals surface area contributed by atoms with Gasteiger partial charge in [0.05, 0.1) is 29.8 Å². The van der Waals surface area contributed by atoms with Crippen molar-refractivity contribution in [1.82, 2.24) is 4.72 Å². The van der Waals surface area contributed by atoms with Gasteiger partial charge in [0, 0.05) is 35.0 Å². The lowest BCUT2D eigenvalue weighted by Crippen LogP contribution is -2.47. The summed E-state index contributed by atoms with van der Waals surface area (Å²) in [5, 5.41) is 11.8. The van der Waals surface area contributed by atoms with Gasteiger partial charge in [-0.05, 0) is 85.4 Å². The number of ether oxygens (including phenoxy) is 1. The third kappa shape index (κ3) is 4.94. The number of carbonyl (C=O) groups is 1. The van der Waals surface area contributed by atoms with Crippen molar-refractivity contribution in [1.29, 1.82) is 0 Å². The summed E-state index contributed by atoms with van der Waals surface area (Å²) in [5.74, 6) is 1.46. The summed E-state index contributed by atoms with van der Waals surface area (Å²) in [6, 6.07) is 11.7. The van der Waals surface area contributed by atoms with Gasteiger partial charge in [-0.15, -0.1) is 0 Å². The number of carbonyl (C=O) groups excluding carboxylic acids is 1. The number of aryl methyl sites for hydroxylation is 1. The molecular formula is C30H35ClN2O4S. The molecule has 0 radical (unpaired) electrons. The van der Waals surface area contributed by atoms with Crippen LogP contribution in [0.25, 0.3) is 0 Å². The van der Waals surface area contributed by atoms with E-state index in [2.05, 4.69) is 21.8 Å². The van der Waals surface area contributed by atoms with Crippen molar-refractivity contribution in [2.45, 2.75) is 50.5 Å². The van der Waals surface area contributed by atoms with E-state index in [1.807, 2.05) is 37.3 Å². The maximum Gasteiger partial charge on any atom is 0.292 e. The molecule has 2 bridgehead atoms. The van der Waals surface area contributed by atoms with E-state index < -0.39 is 17.5 Å². The van der Waals surface area contributed by atoms with E-state index in [9.17, 15) is 14.5 Å². The Morgan fingerprint density at radius 3 is 2.92 bits per heavy atom. The fraction of sp³-hybridized carbons (Fsp3) is 0.500. The minimum absolute atomic E-state index is 0.126. The van der Waals surface area contributed by atoms with Crippen LogP contribution in [0.4, 0.5) is 5.69 Å². The van der Waals surface area contributed by atoms with Crippen molar-refractivity contribution in [3.05, 3.63) is 70.3 Å². The summed E-state index contributed by atoms with van der Waals surface area (Å²) in [4.78, 5) is 15.5. The van der Waals surface area contributed by atoms with Gasteiger partial charge in [-0.3, -0.25) is 4.79 Å². The maximum atomic E-state index is 13.1. The van der Waals surface area contributed by atoms with E-state index in [0.717, 1.165) is 55.2 Å². The topological polar surface area (TPSA) is 84.9 Å². The highest BCUT2D eigenvalue weighted by Crippen LogP contribution is 2.47. The van der Waals surface area contributed by atoms with E-state index >= 15 is 0 Å². The Balaban J connectivity index is 1.38. The Morgan fingerprint density at radius 1 is 1.24 bits per heavy atom. The first-order valence-corrected chi connectivity index (χ1v) is 15.4. The molecule has 1 fully saturated rings. The summed E-state index contributed by atoms with van der Waals surface area (Å²) in [5.41, 5.74) is 3.75. The lowest BCUT2D eigenvalue weighted by molar-refractivity contribution is 0.0457. The number of benzene rings is 2. The largest absolute Gasteiger partial charge is 0.593 e. The second-order valence-corrected chi connectivity index (χ2v) is 13.3. The van der Waals surface area contributed by atoms with Gasteiger partial charge in [0.1, 0.15) is 11.5 Å². The van der Waals surface area contributed by atoms with Crippen molar-refractivity contribution >= 4 is 34.6 Å². The third-order valence-corrected chi connectivity index (χ3v) is 10.5. The monoisotopic (exact) mass is 554 g/mol. The number of anilines is 1. The number of amides is 1. The average molecular weight is 555 g/mol. The molecular weight excluding hydrogens is 520 g/mol. The van der Waals surface area contributed by atoms with Crippen LogP contribution in [-0.4, -0.2) is 47.1 Å². The molecule has 1 amide bonds. The Morgan fingerprint density at radius 2 is 2.11 bits per heavy atom. The smallest absolute Gasteiger partial charge is 0.292 e. The van der Waals surface area contributed by atoms with Crippen LogP contribution in [-0.2, 0) is 23.2 Å². The predicted octanol–water partition coefficient (Wildman–Crippen LogP) is 4.80. The predicted molar refractivity (Wildman–Crippen MR) is 151 cm³/mol. The molecule has 202 valence electrons. The van der Waals surface area contributed by atoms with Crippen LogP contribution in [0.5, 0.6) is 5.75 Å². The van der Waals surface area contributed by atoms with Crippen molar-refractivity contribution < 1.29 is 19.2 Å². The summed E-state index contributed by atoms with van der Waals surface area (Å²) < 4.78 is 21.8. The fourth-order valence-corrected chi connectivity index (χ4v) is 7.95.